The highest BCUT2D eigenvalue weighted by Crippen LogP contribution is 2.37. The van der Waals surface area contributed by atoms with Gasteiger partial charge in [0.2, 0.25) is 0 Å². The second-order valence-corrected chi connectivity index (χ2v) is 6.29. The lowest BCUT2D eigenvalue weighted by Gasteiger charge is -2.22. The lowest BCUT2D eigenvalue weighted by molar-refractivity contribution is 0.0951. The molecule has 2 aromatic rings. The molecule has 1 aliphatic carbocycles. The van der Waals surface area contributed by atoms with Crippen LogP contribution in [0.2, 0.25) is 0 Å². The fourth-order valence-corrected chi connectivity index (χ4v) is 3.97. The van der Waals surface area contributed by atoms with Gasteiger partial charge in [0.15, 0.2) is 5.78 Å². The standard InChI is InChI=1S/C17H18O2S/c1-11-10-12(19-2)6-7-13(11)17(18)15-4-3-5-16-14(15)8-9-20-16/h6-10,15H,3-5H2,1-2H3. The minimum atomic E-state index is 0.0390. The number of aryl methyl sites for hydroxylation is 2. The van der Waals surface area contributed by atoms with Gasteiger partial charge in [-0.05, 0) is 67.0 Å². The number of rotatable bonds is 3. The Balaban J connectivity index is 1.95. The van der Waals surface area contributed by atoms with Crippen molar-refractivity contribution < 1.29 is 9.53 Å². The van der Waals surface area contributed by atoms with Crippen molar-refractivity contribution in [2.24, 2.45) is 0 Å². The van der Waals surface area contributed by atoms with E-state index in [4.69, 9.17) is 4.74 Å². The summed E-state index contributed by atoms with van der Waals surface area (Å²) in [6.45, 7) is 1.98. The topological polar surface area (TPSA) is 26.3 Å². The number of hydrogen-bond acceptors (Lipinski definition) is 3. The number of ether oxygens (including phenoxy) is 1. The van der Waals surface area contributed by atoms with Gasteiger partial charge >= 0.3 is 0 Å². The van der Waals surface area contributed by atoms with Crippen molar-refractivity contribution in [1.29, 1.82) is 0 Å². The molecule has 3 heteroatoms. The molecule has 1 heterocycles. The molecule has 0 saturated heterocycles. The van der Waals surface area contributed by atoms with Crippen LogP contribution in [0.15, 0.2) is 29.6 Å². The van der Waals surface area contributed by atoms with Gasteiger partial charge in [-0.3, -0.25) is 4.79 Å². The van der Waals surface area contributed by atoms with Crippen LogP contribution in [0.25, 0.3) is 0 Å². The molecule has 1 atom stereocenters. The minimum absolute atomic E-state index is 0.0390. The molecular formula is C17H18O2S. The number of Topliss-reactive ketones (excluding diaryl/α,β-unsaturated/α-hetero) is 1. The molecule has 2 nitrogen and oxygen atoms in total. The van der Waals surface area contributed by atoms with Gasteiger partial charge < -0.3 is 4.74 Å². The average Bonchev–Trinajstić information content (AvgIpc) is 2.94. The Morgan fingerprint density at radius 3 is 2.95 bits per heavy atom. The highest BCUT2D eigenvalue weighted by Gasteiger charge is 2.28. The summed E-state index contributed by atoms with van der Waals surface area (Å²) in [5.41, 5.74) is 3.08. The summed E-state index contributed by atoms with van der Waals surface area (Å²) >= 11 is 1.78. The summed E-state index contributed by atoms with van der Waals surface area (Å²) in [5.74, 6) is 1.10. The third-order valence-corrected chi connectivity index (χ3v) is 5.06. The number of fused-ring (bicyclic) bond motifs is 1. The number of thiophene rings is 1. The number of hydrogen-bond donors (Lipinski definition) is 0. The molecule has 20 heavy (non-hydrogen) atoms. The predicted molar refractivity (Wildman–Crippen MR) is 82.1 cm³/mol. The molecule has 0 amide bonds. The Morgan fingerprint density at radius 2 is 2.20 bits per heavy atom. The summed E-state index contributed by atoms with van der Waals surface area (Å²) < 4.78 is 5.21. The van der Waals surface area contributed by atoms with E-state index in [0.717, 1.165) is 36.1 Å². The van der Waals surface area contributed by atoms with Crippen LogP contribution in [0.3, 0.4) is 0 Å². The maximum Gasteiger partial charge on any atom is 0.170 e. The monoisotopic (exact) mass is 286 g/mol. The van der Waals surface area contributed by atoms with E-state index in [-0.39, 0.29) is 11.7 Å². The Bertz CT molecular complexity index is 642. The molecule has 1 aromatic heterocycles. The number of benzene rings is 1. The molecule has 0 aliphatic heterocycles. The van der Waals surface area contributed by atoms with Crippen LogP contribution in [0, 0.1) is 6.92 Å². The van der Waals surface area contributed by atoms with Gasteiger partial charge in [-0.2, -0.15) is 0 Å². The smallest absolute Gasteiger partial charge is 0.170 e. The van der Waals surface area contributed by atoms with Gasteiger partial charge in [0.25, 0.3) is 0 Å². The third kappa shape index (κ3) is 2.27. The number of carbonyl (C=O) groups is 1. The van der Waals surface area contributed by atoms with Gasteiger partial charge in [0, 0.05) is 16.4 Å². The quantitative estimate of drug-likeness (QED) is 0.783. The van der Waals surface area contributed by atoms with Gasteiger partial charge in [0.1, 0.15) is 5.75 Å². The molecule has 1 aliphatic rings. The normalized spacial score (nSPS) is 17.6. The number of ketones is 1. The van der Waals surface area contributed by atoms with E-state index in [0.29, 0.717) is 0 Å². The van der Waals surface area contributed by atoms with Crippen LogP contribution in [0.4, 0.5) is 0 Å². The first-order valence-electron chi connectivity index (χ1n) is 6.96. The Kier molecular flexibility index (Phi) is 3.62. The second-order valence-electron chi connectivity index (χ2n) is 5.29. The first-order chi connectivity index (χ1) is 9.70. The zero-order valence-electron chi connectivity index (χ0n) is 11.8. The van der Waals surface area contributed by atoms with Crippen molar-refractivity contribution in [1.82, 2.24) is 0 Å². The summed E-state index contributed by atoms with van der Waals surface area (Å²) in [4.78, 5) is 14.2. The maximum atomic E-state index is 12.8. The molecule has 104 valence electrons. The van der Waals surface area contributed by atoms with E-state index >= 15 is 0 Å². The fraction of sp³-hybridized carbons (Fsp3) is 0.353. The Morgan fingerprint density at radius 1 is 1.35 bits per heavy atom. The molecule has 0 radical (unpaired) electrons. The lowest BCUT2D eigenvalue weighted by Crippen LogP contribution is -2.18. The SMILES string of the molecule is COc1ccc(C(=O)C2CCCc3sccc32)c(C)c1. The fourth-order valence-electron chi connectivity index (χ4n) is 2.99. The molecule has 3 rings (SSSR count). The van der Waals surface area contributed by atoms with E-state index in [9.17, 15) is 4.79 Å². The van der Waals surface area contributed by atoms with Gasteiger partial charge in [0.05, 0.1) is 7.11 Å². The van der Waals surface area contributed by atoms with Crippen LogP contribution in [0.1, 0.15) is 45.1 Å². The van der Waals surface area contributed by atoms with E-state index < -0.39 is 0 Å². The molecular weight excluding hydrogens is 268 g/mol. The summed E-state index contributed by atoms with van der Waals surface area (Å²) in [6, 6.07) is 7.83. The zero-order valence-corrected chi connectivity index (χ0v) is 12.6. The Hall–Kier alpha value is -1.61. The first-order valence-corrected chi connectivity index (χ1v) is 7.84. The average molecular weight is 286 g/mol. The van der Waals surface area contributed by atoms with Crippen molar-refractivity contribution in [3.8, 4) is 5.75 Å². The minimum Gasteiger partial charge on any atom is -0.497 e. The predicted octanol–water partition coefficient (Wildman–Crippen LogP) is 4.37. The molecule has 0 N–H and O–H groups in total. The molecule has 0 saturated carbocycles. The Labute approximate surface area is 123 Å². The van der Waals surface area contributed by atoms with Gasteiger partial charge in [-0.15, -0.1) is 11.3 Å². The van der Waals surface area contributed by atoms with E-state index in [1.807, 2.05) is 25.1 Å². The summed E-state index contributed by atoms with van der Waals surface area (Å²) in [5, 5.41) is 2.11. The summed E-state index contributed by atoms with van der Waals surface area (Å²) in [7, 11) is 1.65. The highest BCUT2D eigenvalue weighted by molar-refractivity contribution is 7.10. The van der Waals surface area contributed by atoms with Crippen molar-refractivity contribution in [3.05, 3.63) is 51.2 Å². The molecule has 1 aromatic carbocycles. The third-order valence-electron chi connectivity index (χ3n) is 4.07. The first kappa shape index (κ1) is 13.4. The highest BCUT2D eigenvalue weighted by atomic mass is 32.1. The van der Waals surface area contributed by atoms with Crippen molar-refractivity contribution in [2.75, 3.05) is 7.11 Å². The molecule has 1 unspecified atom stereocenters. The van der Waals surface area contributed by atoms with Crippen molar-refractivity contribution >= 4 is 17.1 Å². The molecule has 0 fully saturated rings. The van der Waals surface area contributed by atoms with Crippen molar-refractivity contribution in [3.63, 3.8) is 0 Å². The van der Waals surface area contributed by atoms with Crippen LogP contribution < -0.4 is 4.74 Å². The second kappa shape index (κ2) is 5.41. The van der Waals surface area contributed by atoms with Gasteiger partial charge in [-0.25, -0.2) is 0 Å². The zero-order chi connectivity index (χ0) is 14.1. The lowest BCUT2D eigenvalue weighted by atomic mass is 9.81. The number of methoxy groups -OCH3 is 1. The van der Waals surface area contributed by atoms with Gasteiger partial charge in [-0.1, -0.05) is 0 Å². The van der Waals surface area contributed by atoms with E-state index in [1.54, 1.807) is 18.4 Å². The van der Waals surface area contributed by atoms with Crippen LogP contribution in [-0.2, 0) is 6.42 Å². The summed E-state index contributed by atoms with van der Waals surface area (Å²) in [6.07, 6.45) is 3.20. The van der Waals surface area contributed by atoms with Crippen LogP contribution >= 0.6 is 11.3 Å². The van der Waals surface area contributed by atoms with E-state index in [2.05, 4.69) is 11.4 Å². The van der Waals surface area contributed by atoms with Crippen LogP contribution in [0.5, 0.6) is 5.75 Å². The van der Waals surface area contributed by atoms with Crippen molar-refractivity contribution in [2.45, 2.75) is 32.1 Å². The van der Waals surface area contributed by atoms with E-state index in [1.165, 1.54) is 10.4 Å². The molecule has 0 spiro atoms. The largest absolute Gasteiger partial charge is 0.497 e. The number of carbonyl (C=O) groups excluding carboxylic acids is 1. The molecule has 0 bridgehead atoms. The maximum absolute atomic E-state index is 12.8. The van der Waals surface area contributed by atoms with Crippen LogP contribution in [-0.4, -0.2) is 12.9 Å².